The molecule has 0 aliphatic carbocycles. The van der Waals surface area contributed by atoms with Crippen LogP contribution in [0.2, 0.25) is 0 Å². The van der Waals surface area contributed by atoms with Gasteiger partial charge in [-0.05, 0) is 12.1 Å². The van der Waals surface area contributed by atoms with Gasteiger partial charge in [0.2, 0.25) is 0 Å². The molecule has 2 nitrogen and oxygen atoms in total. The first-order valence-electron chi connectivity index (χ1n) is 5.52. The van der Waals surface area contributed by atoms with Crippen LogP contribution in [0.4, 0.5) is 5.69 Å². The van der Waals surface area contributed by atoms with Crippen molar-refractivity contribution in [3.8, 4) is 0 Å². The molecule has 0 saturated heterocycles. The Labute approximate surface area is 101 Å². The molecule has 0 spiro atoms. The van der Waals surface area contributed by atoms with E-state index in [1.165, 1.54) is 0 Å². The lowest BCUT2D eigenvalue weighted by Gasteiger charge is -1.96. The number of rotatable bonds is 4. The summed E-state index contributed by atoms with van der Waals surface area (Å²) in [6.07, 6.45) is 1.99. The van der Waals surface area contributed by atoms with Gasteiger partial charge in [0, 0.05) is 18.2 Å². The minimum absolute atomic E-state index is 0.0882. The molecule has 2 aromatic carbocycles. The van der Waals surface area contributed by atoms with Gasteiger partial charge in [0.05, 0.1) is 5.69 Å². The van der Waals surface area contributed by atoms with E-state index in [1.54, 1.807) is 6.21 Å². The molecule has 0 bridgehead atoms. The summed E-state index contributed by atoms with van der Waals surface area (Å²) in [5, 5.41) is 0. The number of aliphatic imine (C=N–C) groups is 1. The first-order valence-corrected chi connectivity index (χ1v) is 5.52. The number of para-hydroxylation sites is 1. The number of hydrogen-bond acceptors (Lipinski definition) is 2. The first-order chi connectivity index (χ1) is 8.36. The van der Waals surface area contributed by atoms with Crippen molar-refractivity contribution in [1.29, 1.82) is 0 Å². The molecule has 0 radical (unpaired) electrons. The first kappa shape index (κ1) is 11.3. The van der Waals surface area contributed by atoms with E-state index in [4.69, 9.17) is 0 Å². The van der Waals surface area contributed by atoms with Crippen LogP contribution < -0.4 is 0 Å². The number of benzene rings is 2. The quantitative estimate of drug-likeness (QED) is 0.574. The molecule has 2 rings (SSSR count). The van der Waals surface area contributed by atoms with Gasteiger partial charge in [-0.25, -0.2) is 0 Å². The van der Waals surface area contributed by atoms with Crippen LogP contribution in [-0.4, -0.2) is 12.0 Å². The van der Waals surface area contributed by atoms with E-state index < -0.39 is 0 Å². The second kappa shape index (κ2) is 5.75. The number of Topliss-reactive ketones (excluding diaryl/α,β-unsaturated/α-hetero) is 1. The molecule has 0 fully saturated rings. The fourth-order valence-corrected chi connectivity index (χ4v) is 1.49. The van der Waals surface area contributed by atoms with Crippen LogP contribution in [-0.2, 0) is 0 Å². The van der Waals surface area contributed by atoms with Gasteiger partial charge in [0.15, 0.2) is 5.78 Å². The van der Waals surface area contributed by atoms with Crippen molar-refractivity contribution in [2.75, 3.05) is 0 Å². The Kier molecular flexibility index (Phi) is 3.81. The van der Waals surface area contributed by atoms with Crippen molar-refractivity contribution in [2.24, 2.45) is 4.99 Å². The molecule has 84 valence electrons. The molecule has 0 aliphatic heterocycles. The fourth-order valence-electron chi connectivity index (χ4n) is 1.49. The largest absolute Gasteiger partial charge is 0.294 e. The molecule has 2 heteroatoms. The lowest BCUT2D eigenvalue weighted by Crippen LogP contribution is -1.98. The van der Waals surface area contributed by atoms with E-state index in [0.717, 1.165) is 11.3 Å². The standard InChI is InChI=1S/C15H13NO/c17-15(13-7-3-1-4-8-13)11-12-16-14-9-5-2-6-10-14/h1-10,12H,11H2. The number of nitrogens with zero attached hydrogens (tertiary/aromatic N) is 1. The van der Waals surface area contributed by atoms with Crippen LogP contribution in [0.15, 0.2) is 65.7 Å². The number of carbonyl (C=O) groups is 1. The average Bonchev–Trinajstić information content (AvgIpc) is 2.41. The van der Waals surface area contributed by atoms with E-state index in [0.29, 0.717) is 6.42 Å². The maximum absolute atomic E-state index is 11.7. The summed E-state index contributed by atoms with van der Waals surface area (Å²) in [6, 6.07) is 18.9. The van der Waals surface area contributed by atoms with E-state index in [-0.39, 0.29) is 5.78 Å². The Hall–Kier alpha value is -2.22. The third-order valence-electron chi connectivity index (χ3n) is 2.37. The van der Waals surface area contributed by atoms with Crippen molar-refractivity contribution < 1.29 is 4.79 Å². The Morgan fingerprint density at radius 3 is 2.18 bits per heavy atom. The SMILES string of the molecule is O=C(CC=Nc1ccccc1)c1ccccc1. The van der Waals surface area contributed by atoms with Crippen LogP contribution in [0.25, 0.3) is 0 Å². The van der Waals surface area contributed by atoms with Gasteiger partial charge in [-0.3, -0.25) is 9.79 Å². The number of hydrogen-bond donors (Lipinski definition) is 0. The zero-order valence-corrected chi connectivity index (χ0v) is 9.41. The predicted octanol–water partition coefficient (Wildman–Crippen LogP) is 3.66. The van der Waals surface area contributed by atoms with Gasteiger partial charge in [0.1, 0.15) is 0 Å². The topological polar surface area (TPSA) is 29.4 Å². The molecule has 17 heavy (non-hydrogen) atoms. The smallest absolute Gasteiger partial charge is 0.168 e. The lowest BCUT2D eigenvalue weighted by atomic mass is 10.1. The molecule has 0 aromatic heterocycles. The van der Waals surface area contributed by atoms with E-state index in [9.17, 15) is 4.79 Å². The van der Waals surface area contributed by atoms with Gasteiger partial charge in [-0.1, -0.05) is 48.5 Å². The Balaban J connectivity index is 1.95. The molecule has 0 amide bonds. The van der Waals surface area contributed by atoms with Gasteiger partial charge < -0.3 is 0 Å². The summed E-state index contributed by atoms with van der Waals surface area (Å²) < 4.78 is 0. The molecule has 0 atom stereocenters. The van der Waals surface area contributed by atoms with Crippen LogP contribution >= 0.6 is 0 Å². The zero-order valence-electron chi connectivity index (χ0n) is 9.41. The molecule has 0 unspecified atom stereocenters. The zero-order chi connectivity index (χ0) is 11.9. The van der Waals surface area contributed by atoms with Crippen LogP contribution in [0.3, 0.4) is 0 Å². The molecular weight excluding hydrogens is 210 g/mol. The number of ketones is 1. The van der Waals surface area contributed by atoms with Crippen LogP contribution in [0, 0.1) is 0 Å². The fraction of sp³-hybridized carbons (Fsp3) is 0.0667. The third-order valence-corrected chi connectivity index (χ3v) is 2.37. The Morgan fingerprint density at radius 2 is 1.53 bits per heavy atom. The van der Waals surface area contributed by atoms with E-state index in [2.05, 4.69) is 4.99 Å². The van der Waals surface area contributed by atoms with Crippen molar-refractivity contribution in [3.63, 3.8) is 0 Å². The summed E-state index contributed by atoms with van der Waals surface area (Å²) in [5.41, 5.74) is 1.60. The maximum atomic E-state index is 11.7. The number of carbonyl (C=O) groups excluding carboxylic acids is 1. The van der Waals surface area contributed by atoms with Crippen molar-refractivity contribution in [3.05, 3.63) is 66.2 Å². The van der Waals surface area contributed by atoms with Crippen molar-refractivity contribution >= 4 is 17.7 Å². The minimum atomic E-state index is 0.0882. The monoisotopic (exact) mass is 223 g/mol. The predicted molar refractivity (Wildman–Crippen MR) is 70.0 cm³/mol. The second-order valence-electron chi connectivity index (χ2n) is 3.64. The van der Waals surface area contributed by atoms with Gasteiger partial charge >= 0.3 is 0 Å². The normalized spacial score (nSPS) is 10.6. The molecule has 2 aromatic rings. The summed E-state index contributed by atoms with van der Waals surface area (Å²) in [5.74, 6) is 0.0882. The summed E-state index contributed by atoms with van der Waals surface area (Å²) in [4.78, 5) is 16.0. The summed E-state index contributed by atoms with van der Waals surface area (Å²) in [7, 11) is 0. The lowest BCUT2D eigenvalue weighted by molar-refractivity contribution is 0.100. The summed E-state index contributed by atoms with van der Waals surface area (Å²) >= 11 is 0. The van der Waals surface area contributed by atoms with E-state index >= 15 is 0 Å². The molecular formula is C15H13NO. The summed E-state index contributed by atoms with van der Waals surface area (Å²) in [6.45, 7) is 0. The molecule has 0 heterocycles. The Morgan fingerprint density at radius 1 is 0.941 bits per heavy atom. The highest BCUT2D eigenvalue weighted by Crippen LogP contribution is 2.09. The highest BCUT2D eigenvalue weighted by atomic mass is 16.1. The van der Waals surface area contributed by atoms with Crippen LogP contribution in [0.1, 0.15) is 16.8 Å². The highest BCUT2D eigenvalue weighted by Gasteiger charge is 2.01. The van der Waals surface area contributed by atoms with Crippen molar-refractivity contribution in [2.45, 2.75) is 6.42 Å². The molecule has 0 aliphatic rings. The van der Waals surface area contributed by atoms with E-state index in [1.807, 2.05) is 60.7 Å². The maximum Gasteiger partial charge on any atom is 0.168 e. The highest BCUT2D eigenvalue weighted by molar-refractivity contribution is 6.03. The van der Waals surface area contributed by atoms with Crippen LogP contribution in [0.5, 0.6) is 0 Å². The minimum Gasteiger partial charge on any atom is -0.294 e. The van der Waals surface area contributed by atoms with Gasteiger partial charge in [-0.2, -0.15) is 0 Å². The molecule has 0 N–H and O–H groups in total. The Bertz CT molecular complexity index is 503. The third kappa shape index (κ3) is 3.38. The molecule has 0 saturated carbocycles. The average molecular weight is 223 g/mol. The second-order valence-corrected chi connectivity index (χ2v) is 3.64. The van der Waals surface area contributed by atoms with Gasteiger partial charge in [-0.15, -0.1) is 0 Å². The van der Waals surface area contributed by atoms with Gasteiger partial charge in [0.25, 0.3) is 0 Å². The van der Waals surface area contributed by atoms with Crippen molar-refractivity contribution in [1.82, 2.24) is 0 Å².